The van der Waals surface area contributed by atoms with E-state index in [1.54, 1.807) is 12.1 Å². The number of aromatic carboxylic acids is 1. The van der Waals surface area contributed by atoms with Crippen LogP contribution in [0.5, 0.6) is 0 Å². The Hall–Kier alpha value is -3.20. The number of aryl methyl sites for hydroxylation is 2. The first-order valence-corrected chi connectivity index (χ1v) is 9.02. The average molecular weight is 382 g/mol. The number of carboxylic acids is 1. The van der Waals surface area contributed by atoms with Gasteiger partial charge < -0.3 is 15.2 Å². The Morgan fingerprint density at radius 3 is 2.70 bits per heavy atom. The van der Waals surface area contributed by atoms with E-state index >= 15 is 0 Å². The molecule has 1 N–H and O–H groups in total. The molecule has 1 heterocycles. The van der Waals surface area contributed by atoms with Crippen LogP contribution in [0.2, 0.25) is 0 Å². The van der Waals surface area contributed by atoms with E-state index in [0.29, 0.717) is 10.8 Å². The lowest BCUT2D eigenvalue weighted by Crippen LogP contribution is -2.22. The first-order valence-electron chi connectivity index (χ1n) is 8.04. The number of carboxylic acid groups (broad SMARTS) is 1. The summed E-state index contributed by atoms with van der Waals surface area (Å²) in [4.78, 5) is 23.2. The standard InChI is InChI=1S/C18H17N5O3S/c1-11-6-7-14(8-12(11)2)19-16(24)10-27-18-20-21-22-23(18)15-5-3-4-13(9-15)17(25)26/h3-9H,10H2,1-2H3,(H,19,24)(H,25,26)/p-1. The van der Waals surface area contributed by atoms with Gasteiger partial charge in [0.1, 0.15) is 0 Å². The number of aromatic nitrogens is 4. The molecule has 3 aromatic rings. The molecule has 8 nitrogen and oxygen atoms in total. The van der Waals surface area contributed by atoms with Gasteiger partial charge >= 0.3 is 0 Å². The van der Waals surface area contributed by atoms with Crippen molar-refractivity contribution in [3.8, 4) is 5.69 Å². The molecule has 0 bridgehead atoms. The minimum Gasteiger partial charge on any atom is -0.545 e. The minimum atomic E-state index is -1.29. The first kappa shape index (κ1) is 18.6. The number of hydrogen-bond donors (Lipinski definition) is 1. The van der Waals surface area contributed by atoms with Crippen LogP contribution in [0.1, 0.15) is 21.5 Å². The highest BCUT2D eigenvalue weighted by atomic mass is 32.2. The number of hydrogen-bond acceptors (Lipinski definition) is 7. The molecule has 0 fully saturated rings. The van der Waals surface area contributed by atoms with Crippen molar-refractivity contribution in [1.82, 2.24) is 20.2 Å². The predicted octanol–water partition coefficient (Wildman–Crippen LogP) is 1.37. The summed E-state index contributed by atoms with van der Waals surface area (Å²) in [6, 6.07) is 11.8. The molecule has 27 heavy (non-hydrogen) atoms. The van der Waals surface area contributed by atoms with Crippen LogP contribution >= 0.6 is 11.8 Å². The second-order valence-electron chi connectivity index (χ2n) is 5.85. The molecule has 0 radical (unpaired) electrons. The molecule has 0 aliphatic carbocycles. The summed E-state index contributed by atoms with van der Waals surface area (Å²) >= 11 is 1.15. The third-order valence-electron chi connectivity index (χ3n) is 3.89. The van der Waals surface area contributed by atoms with E-state index in [1.165, 1.54) is 16.8 Å². The lowest BCUT2D eigenvalue weighted by Gasteiger charge is -2.08. The van der Waals surface area contributed by atoms with Gasteiger partial charge in [-0.2, -0.15) is 4.68 Å². The van der Waals surface area contributed by atoms with Gasteiger partial charge in [0.25, 0.3) is 0 Å². The fraction of sp³-hybridized carbons (Fsp3) is 0.167. The van der Waals surface area contributed by atoms with Crippen molar-refractivity contribution in [2.45, 2.75) is 19.0 Å². The molecule has 0 aliphatic rings. The number of nitrogens with one attached hydrogen (secondary N) is 1. The second kappa shape index (κ2) is 8.00. The highest BCUT2D eigenvalue weighted by Crippen LogP contribution is 2.20. The van der Waals surface area contributed by atoms with Gasteiger partial charge in [-0.05, 0) is 65.2 Å². The first-order chi connectivity index (χ1) is 12.9. The molecule has 0 atom stereocenters. The van der Waals surface area contributed by atoms with Crippen molar-refractivity contribution in [1.29, 1.82) is 0 Å². The van der Waals surface area contributed by atoms with E-state index in [2.05, 4.69) is 20.8 Å². The van der Waals surface area contributed by atoms with Crippen LogP contribution < -0.4 is 10.4 Å². The van der Waals surface area contributed by atoms with Crippen molar-refractivity contribution < 1.29 is 14.7 Å². The van der Waals surface area contributed by atoms with Gasteiger partial charge in [-0.3, -0.25) is 4.79 Å². The van der Waals surface area contributed by atoms with Crippen molar-refractivity contribution in [2.75, 3.05) is 11.1 Å². The van der Waals surface area contributed by atoms with Gasteiger partial charge in [0.05, 0.1) is 17.4 Å². The van der Waals surface area contributed by atoms with Crippen LogP contribution in [-0.4, -0.2) is 37.8 Å². The largest absolute Gasteiger partial charge is 0.545 e. The van der Waals surface area contributed by atoms with Crippen LogP contribution in [0.3, 0.4) is 0 Å². The third-order valence-corrected chi connectivity index (χ3v) is 4.81. The minimum absolute atomic E-state index is 0.0198. The smallest absolute Gasteiger partial charge is 0.234 e. The zero-order valence-corrected chi connectivity index (χ0v) is 15.5. The molecule has 0 saturated heterocycles. The molecule has 138 valence electrons. The van der Waals surface area contributed by atoms with E-state index in [4.69, 9.17) is 0 Å². The molecule has 0 saturated carbocycles. The molecule has 0 unspecified atom stereocenters. The van der Waals surface area contributed by atoms with Crippen molar-refractivity contribution in [3.05, 3.63) is 59.2 Å². The Morgan fingerprint density at radius 2 is 1.96 bits per heavy atom. The summed E-state index contributed by atoms with van der Waals surface area (Å²) in [6.45, 7) is 3.99. The summed E-state index contributed by atoms with van der Waals surface area (Å²) in [5.74, 6) is -1.37. The number of thioether (sulfide) groups is 1. The van der Waals surface area contributed by atoms with E-state index in [9.17, 15) is 14.7 Å². The SMILES string of the molecule is Cc1ccc(NC(=O)CSc2nnnn2-c2cccc(C(=O)[O-])c2)cc1C. The van der Waals surface area contributed by atoms with Gasteiger partial charge in [0.2, 0.25) is 11.1 Å². The van der Waals surface area contributed by atoms with Gasteiger partial charge in [0, 0.05) is 5.69 Å². The number of carbonyl (C=O) groups is 2. The Morgan fingerprint density at radius 1 is 1.15 bits per heavy atom. The molecule has 1 amide bonds. The van der Waals surface area contributed by atoms with Crippen LogP contribution in [0.4, 0.5) is 5.69 Å². The number of tetrazole rings is 1. The van der Waals surface area contributed by atoms with Crippen LogP contribution in [-0.2, 0) is 4.79 Å². The summed E-state index contributed by atoms with van der Waals surface area (Å²) in [5, 5.41) is 25.6. The Bertz CT molecular complexity index is 1000. The molecular weight excluding hydrogens is 366 g/mol. The van der Waals surface area contributed by atoms with Crippen molar-refractivity contribution >= 4 is 29.3 Å². The third kappa shape index (κ3) is 4.50. The quantitative estimate of drug-likeness (QED) is 0.641. The number of nitrogens with zero attached hydrogens (tertiary/aromatic N) is 4. The van der Waals surface area contributed by atoms with Gasteiger partial charge in [-0.25, -0.2) is 0 Å². The fourth-order valence-corrected chi connectivity index (χ4v) is 3.03. The summed E-state index contributed by atoms with van der Waals surface area (Å²) in [5.41, 5.74) is 3.47. The van der Waals surface area contributed by atoms with Gasteiger partial charge in [-0.1, -0.05) is 30.0 Å². The molecule has 2 aromatic carbocycles. The maximum Gasteiger partial charge on any atom is 0.234 e. The highest BCUT2D eigenvalue weighted by molar-refractivity contribution is 7.99. The molecule has 3 rings (SSSR count). The summed E-state index contributed by atoms with van der Waals surface area (Å²) in [6.07, 6.45) is 0. The van der Waals surface area contributed by atoms with E-state index in [-0.39, 0.29) is 17.2 Å². The maximum atomic E-state index is 12.2. The highest BCUT2D eigenvalue weighted by Gasteiger charge is 2.12. The zero-order valence-electron chi connectivity index (χ0n) is 14.7. The van der Waals surface area contributed by atoms with Crippen molar-refractivity contribution in [2.24, 2.45) is 0 Å². The lowest BCUT2D eigenvalue weighted by atomic mass is 10.1. The number of anilines is 1. The van der Waals surface area contributed by atoms with E-state index in [1.807, 2.05) is 32.0 Å². The monoisotopic (exact) mass is 382 g/mol. The number of rotatable bonds is 6. The summed E-state index contributed by atoms with van der Waals surface area (Å²) in [7, 11) is 0. The normalized spacial score (nSPS) is 10.6. The Kier molecular flexibility index (Phi) is 5.51. The van der Waals surface area contributed by atoms with E-state index < -0.39 is 5.97 Å². The Balaban J connectivity index is 1.68. The molecular formula is C18H16N5O3S-. The van der Waals surface area contributed by atoms with Crippen LogP contribution in [0.15, 0.2) is 47.6 Å². The maximum absolute atomic E-state index is 12.2. The zero-order chi connectivity index (χ0) is 19.4. The average Bonchev–Trinajstić information content (AvgIpc) is 3.12. The van der Waals surface area contributed by atoms with Gasteiger partial charge in [-0.15, -0.1) is 5.10 Å². The summed E-state index contributed by atoms with van der Waals surface area (Å²) < 4.78 is 1.38. The number of benzene rings is 2. The molecule has 0 aliphatic heterocycles. The fourth-order valence-electron chi connectivity index (χ4n) is 2.34. The van der Waals surface area contributed by atoms with Gasteiger partial charge in [0.15, 0.2) is 0 Å². The van der Waals surface area contributed by atoms with Crippen LogP contribution in [0, 0.1) is 13.8 Å². The predicted molar refractivity (Wildman–Crippen MR) is 98.8 cm³/mol. The molecule has 0 spiro atoms. The van der Waals surface area contributed by atoms with E-state index in [0.717, 1.165) is 28.6 Å². The van der Waals surface area contributed by atoms with Crippen molar-refractivity contribution in [3.63, 3.8) is 0 Å². The second-order valence-corrected chi connectivity index (χ2v) is 6.79. The number of carbonyl (C=O) groups excluding carboxylic acids is 2. The van der Waals surface area contributed by atoms with Crippen LogP contribution in [0.25, 0.3) is 5.69 Å². The topological polar surface area (TPSA) is 113 Å². The molecule has 9 heteroatoms. The Labute approximate surface area is 159 Å². The number of amides is 1. The molecule has 1 aromatic heterocycles. The lowest BCUT2D eigenvalue weighted by molar-refractivity contribution is -0.255.